The number of ether oxygens (including phenoxy) is 1. The van der Waals surface area contributed by atoms with Crippen molar-refractivity contribution in [3.63, 3.8) is 0 Å². The second-order valence-corrected chi connectivity index (χ2v) is 7.06. The number of rotatable bonds is 6. The summed E-state index contributed by atoms with van der Waals surface area (Å²) >= 11 is 0. The molecule has 1 heterocycles. The zero-order chi connectivity index (χ0) is 20.8. The van der Waals surface area contributed by atoms with Crippen molar-refractivity contribution in [3.8, 4) is 11.8 Å². The van der Waals surface area contributed by atoms with Crippen LogP contribution < -0.4 is 4.74 Å². The van der Waals surface area contributed by atoms with Gasteiger partial charge in [0.2, 0.25) is 0 Å². The number of nitrogens with zero attached hydrogens (tertiary/aromatic N) is 3. The third-order valence-electron chi connectivity index (χ3n) is 4.66. The molecule has 0 unspecified atom stereocenters. The van der Waals surface area contributed by atoms with Gasteiger partial charge in [0.1, 0.15) is 12.4 Å². The van der Waals surface area contributed by atoms with Crippen LogP contribution in [0.4, 0.5) is 0 Å². The molecule has 0 aliphatic carbocycles. The number of carbonyl (C=O) groups excluding carboxylic acids is 1. The molecule has 5 heteroatoms. The fraction of sp³-hybridized carbons (Fsp3) is 0.208. The highest BCUT2D eigenvalue weighted by molar-refractivity contribution is 5.94. The largest absolute Gasteiger partial charge is 0.488 e. The number of hydrogen-bond donors (Lipinski definition) is 0. The van der Waals surface area contributed by atoms with Gasteiger partial charge in [-0.3, -0.25) is 9.78 Å². The molecule has 0 radical (unpaired) electrons. The number of benzene rings is 2. The van der Waals surface area contributed by atoms with Crippen LogP contribution in [-0.4, -0.2) is 22.8 Å². The highest BCUT2D eigenvalue weighted by atomic mass is 16.5. The van der Waals surface area contributed by atoms with E-state index in [1.807, 2.05) is 50.2 Å². The van der Waals surface area contributed by atoms with Crippen LogP contribution in [0, 0.1) is 25.2 Å². The molecule has 2 aromatic carbocycles. The van der Waals surface area contributed by atoms with Gasteiger partial charge in [-0.15, -0.1) is 0 Å². The number of aromatic nitrogens is 1. The Morgan fingerprint density at radius 2 is 1.79 bits per heavy atom. The second kappa shape index (κ2) is 9.03. The van der Waals surface area contributed by atoms with E-state index in [-0.39, 0.29) is 5.91 Å². The van der Waals surface area contributed by atoms with E-state index in [4.69, 9.17) is 10.00 Å². The Hall–Kier alpha value is -3.65. The second-order valence-electron chi connectivity index (χ2n) is 7.06. The standard InChI is InChI=1S/C24H23N3O2/c1-17-11-22(12-18(2)23(17)29-16-21-5-4-10-26-14-21)24(28)27(3)15-20-8-6-19(13-25)7-9-20/h4-12,14H,15-16H2,1-3H3. The van der Waals surface area contributed by atoms with Crippen molar-refractivity contribution >= 4 is 5.91 Å². The lowest BCUT2D eigenvalue weighted by Gasteiger charge is -2.19. The molecule has 0 N–H and O–H groups in total. The Morgan fingerprint density at radius 3 is 2.38 bits per heavy atom. The molecule has 29 heavy (non-hydrogen) atoms. The number of hydrogen-bond acceptors (Lipinski definition) is 4. The van der Waals surface area contributed by atoms with Crippen LogP contribution in [0.3, 0.4) is 0 Å². The minimum Gasteiger partial charge on any atom is -0.488 e. The maximum absolute atomic E-state index is 12.9. The van der Waals surface area contributed by atoms with Gasteiger partial charge in [-0.2, -0.15) is 5.26 Å². The normalized spacial score (nSPS) is 10.3. The first kappa shape index (κ1) is 20.1. The van der Waals surface area contributed by atoms with E-state index < -0.39 is 0 Å². The predicted molar refractivity (Wildman–Crippen MR) is 111 cm³/mol. The third-order valence-corrected chi connectivity index (χ3v) is 4.66. The third kappa shape index (κ3) is 4.99. The average Bonchev–Trinajstić information content (AvgIpc) is 2.73. The molecule has 1 amide bonds. The van der Waals surface area contributed by atoms with Gasteiger partial charge >= 0.3 is 0 Å². The van der Waals surface area contributed by atoms with Crippen molar-refractivity contribution < 1.29 is 9.53 Å². The Bertz CT molecular complexity index is 1010. The molecule has 0 bridgehead atoms. The molecule has 3 aromatic rings. The van der Waals surface area contributed by atoms with Gasteiger partial charge in [-0.05, 0) is 60.9 Å². The molecule has 1 aromatic heterocycles. The maximum Gasteiger partial charge on any atom is 0.253 e. The summed E-state index contributed by atoms with van der Waals surface area (Å²) < 4.78 is 5.98. The summed E-state index contributed by atoms with van der Waals surface area (Å²) in [6.07, 6.45) is 3.51. The molecule has 0 fully saturated rings. The van der Waals surface area contributed by atoms with Crippen LogP contribution in [-0.2, 0) is 13.2 Å². The maximum atomic E-state index is 12.9. The zero-order valence-electron chi connectivity index (χ0n) is 16.8. The lowest BCUT2D eigenvalue weighted by atomic mass is 10.0. The van der Waals surface area contributed by atoms with Gasteiger partial charge in [0.15, 0.2) is 0 Å². The smallest absolute Gasteiger partial charge is 0.253 e. The van der Waals surface area contributed by atoms with Crippen molar-refractivity contribution in [2.45, 2.75) is 27.0 Å². The minimum absolute atomic E-state index is 0.0561. The number of pyridine rings is 1. The van der Waals surface area contributed by atoms with Crippen molar-refractivity contribution in [3.05, 3.63) is 94.3 Å². The van der Waals surface area contributed by atoms with E-state index in [9.17, 15) is 4.79 Å². The molecule has 0 saturated heterocycles. The Balaban J connectivity index is 1.71. The summed E-state index contributed by atoms with van der Waals surface area (Å²) in [6.45, 7) is 4.80. The molecule has 3 rings (SSSR count). The molecule has 0 aliphatic rings. The predicted octanol–water partition coefficient (Wildman–Crippen LogP) is 4.42. The van der Waals surface area contributed by atoms with E-state index in [0.717, 1.165) is 28.0 Å². The van der Waals surface area contributed by atoms with Crippen molar-refractivity contribution in [2.24, 2.45) is 0 Å². The molecular formula is C24H23N3O2. The SMILES string of the molecule is Cc1cc(C(=O)N(C)Cc2ccc(C#N)cc2)cc(C)c1OCc1cccnc1. The summed E-state index contributed by atoms with van der Waals surface area (Å²) in [4.78, 5) is 18.7. The number of amides is 1. The van der Waals surface area contributed by atoms with Gasteiger partial charge < -0.3 is 9.64 Å². The number of nitriles is 1. The fourth-order valence-corrected chi connectivity index (χ4v) is 3.19. The van der Waals surface area contributed by atoms with Gasteiger partial charge in [0, 0.05) is 37.1 Å². The minimum atomic E-state index is -0.0561. The average molecular weight is 385 g/mol. The molecule has 0 atom stereocenters. The summed E-state index contributed by atoms with van der Waals surface area (Å²) in [5.41, 5.74) is 5.05. The van der Waals surface area contributed by atoms with Crippen LogP contribution >= 0.6 is 0 Å². The van der Waals surface area contributed by atoms with Gasteiger partial charge in [-0.1, -0.05) is 18.2 Å². The molecule has 0 saturated carbocycles. The van der Waals surface area contributed by atoms with Crippen molar-refractivity contribution in [2.75, 3.05) is 7.05 Å². The summed E-state index contributed by atoms with van der Waals surface area (Å²) in [7, 11) is 1.78. The first-order valence-electron chi connectivity index (χ1n) is 9.35. The monoisotopic (exact) mass is 385 g/mol. The molecule has 0 aliphatic heterocycles. The summed E-state index contributed by atoms with van der Waals surface area (Å²) in [5, 5.41) is 8.90. The molecule has 0 spiro atoms. The van der Waals surface area contributed by atoms with Crippen molar-refractivity contribution in [1.82, 2.24) is 9.88 Å². The summed E-state index contributed by atoms with van der Waals surface area (Å²) in [5.74, 6) is 0.736. The van der Waals surface area contributed by atoms with Crippen LogP contribution in [0.25, 0.3) is 0 Å². The van der Waals surface area contributed by atoms with E-state index >= 15 is 0 Å². The Labute approximate surface area is 171 Å². The quantitative estimate of drug-likeness (QED) is 0.630. The van der Waals surface area contributed by atoms with E-state index in [1.54, 1.807) is 36.5 Å². The molecular weight excluding hydrogens is 362 g/mol. The Morgan fingerprint density at radius 1 is 1.10 bits per heavy atom. The topological polar surface area (TPSA) is 66.2 Å². The number of carbonyl (C=O) groups is 1. The molecule has 5 nitrogen and oxygen atoms in total. The van der Waals surface area contributed by atoms with Crippen LogP contribution in [0.1, 0.15) is 38.2 Å². The van der Waals surface area contributed by atoms with E-state index in [2.05, 4.69) is 11.1 Å². The van der Waals surface area contributed by atoms with Gasteiger partial charge in [-0.25, -0.2) is 0 Å². The van der Waals surface area contributed by atoms with Gasteiger partial charge in [0.25, 0.3) is 5.91 Å². The number of aryl methyl sites for hydroxylation is 2. The first-order valence-corrected chi connectivity index (χ1v) is 9.35. The first-order chi connectivity index (χ1) is 14.0. The lowest BCUT2D eigenvalue weighted by Crippen LogP contribution is -2.26. The van der Waals surface area contributed by atoms with Crippen LogP contribution in [0.5, 0.6) is 5.75 Å². The Kier molecular flexibility index (Phi) is 6.25. The summed E-state index contributed by atoms with van der Waals surface area (Å²) in [6, 6.07) is 16.9. The van der Waals surface area contributed by atoms with Crippen LogP contribution in [0.2, 0.25) is 0 Å². The van der Waals surface area contributed by atoms with E-state index in [1.165, 1.54) is 0 Å². The fourth-order valence-electron chi connectivity index (χ4n) is 3.19. The lowest BCUT2D eigenvalue weighted by molar-refractivity contribution is 0.0785. The zero-order valence-corrected chi connectivity index (χ0v) is 16.8. The van der Waals surface area contributed by atoms with Crippen molar-refractivity contribution in [1.29, 1.82) is 5.26 Å². The highest BCUT2D eigenvalue weighted by Crippen LogP contribution is 2.26. The van der Waals surface area contributed by atoms with Gasteiger partial charge in [0.05, 0.1) is 11.6 Å². The van der Waals surface area contributed by atoms with Crippen LogP contribution in [0.15, 0.2) is 60.9 Å². The van der Waals surface area contributed by atoms with E-state index in [0.29, 0.717) is 24.3 Å². The highest BCUT2D eigenvalue weighted by Gasteiger charge is 2.16. The molecule has 146 valence electrons.